The molecule has 1 aromatic carbocycles. The summed E-state index contributed by atoms with van der Waals surface area (Å²) in [5.74, 6) is 0.822. The maximum Gasteiger partial charge on any atom is 0.351 e. The molecule has 0 radical (unpaired) electrons. The number of aryl methyl sites for hydroxylation is 2. The van der Waals surface area contributed by atoms with E-state index in [1.165, 1.54) is 11.3 Å². The first-order chi connectivity index (χ1) is 12.9. The van der Waals surface area contributed by atoms with Crippen LogP contribution in [0.4, 0.5) is 0 Å². The van der Waals surface area contributed by atoms with E-state index in [0.717, 1.165) is 10.4 Å². The van der Waals surface area contributed by atoms with Crippen molar-refractivity contribution < 1.29 is 19.0 Å². The number of fused-ring (bicyclic) bond motifs is 2. The van der Waals surface area contributed by atoms with Crippen LogP contribution in [0.5, 0.6) is 11.5 Å². The number of aromatic nitrogens is 2. The Morgan fingerprint density at radius 3 is 2.85 bits per heavy atom. The molecule has 0 unspecified atom stereocenters. The van der Waals surface area contributed by atoms with Crippen LogP contribution in [0.3, 0.4) is 0 Å². The second kappa shape index (κ2) is 6.70. The number of hydrogen-bond donors (Lipinski definition) is 1. The normalized spacial score (nSPS) is 16.9. The van der Waals surface area contributed by atoms with Gasteiger partial charge in [-0.25, -0.2) is 9.78 Å². The number of carbonyl (C=O) groups is 1. The highest BCUT2D eigenvalue weighted by Crippen LogP contribution is 2.32. The van der Waals surface area contributed by atoms with Gasteiger partial charge in [0.1, 0.15) is 11.4 Å². The number of benzene rings is 1. The Balaban J connectivity index is 1.52. The molecule has 3 aromatic rings. The first-order valence-corrected chi connectivity index (χ1v) is 9.34. The summed E-state index contributed by atoms with van der Waals surface area (Å²) in [6.07, 6.45) is -1.60. The number of thiophene rings is 1. The molecule has 0 fully saturated rings. The van der Waals surface area contributed by atoms with Crippen LogP contribution in [0.25, 0.3) is 10.2 Å². The summed E-state index contributed by atoms with van der Waals surface area (Å²) in [6, 6.07) is 7.13. The number of nitrogens with zero attached hydrogens (tertiary/aromatic N) is 1. The van der Waals surface area contributed by atoms with Crippen molar-refractivity contribution in [2.24, 2.45) is 0 Å². The maximum atomic E-state index is 12.5. The molecule has 0 spiro atoms. The van der Waals surface area contributed by atoms with Gasteiger partial charge in [-0.2, -0.15) is 0 Å². The number of H-pyrrole nitrogens is 1. The zero-order valence-electron chi connectivity index (χ0n) is 15.1. The number of para-hydroxylation sites is 2. The molecule has 1 N–H and O–H groups in total. The largest absolute Gasteiger partial charge is 0.485 e. The molecule has 8 heteroatoms. The Kier molecular flexibility index (Phi) is 4.35. The molecule has 140 valence electrons. The first kappa shape index (κ1) is 17.5. The molecule has 3 heterocycles. The van der Waals surface area contributed by atoms with Crippen molar-refractivity contribution in [1.29, 1.82) is 0 Å². The van der Waals surface area contributed by atoms with Gasteiger partial charge in [-0.05, 0) is 38.5 Å². The van der Waals surface area contributed by atoms with Crippen LogP contribution in [0.1, 0.15) is 29.3 Å². The summed E-state index contributed by atoms with van der Waals surface area (Å²) in [4.78, 5) is 33.7. The van der Waals surface area contributed by atoms with Crippen molar-refractivity contribution in [3.8, 4) is 11.5 Å². The fraction of sp³-hybridized carbons (Fsp3) is 0.316. The molecule has 1 aliphatic rings. The lowest BCUT2D eigenvalue weighted by Gasteiger charge is -2.25. The molecule has 2 atom stereocenters. The van der Waals surface area contributed by atoms with Gasteiger partial charge in [0.05, 0.1) is 5.39 Å². The topological polar surface area (TPSA) is 90.5 Å². The van der Waals surface area contributed by atoms with E-state index in [1.54, 1.807) is 25.1 Å². The van der Waals surface area contributed by atoms with Gasteiger partial charge in [0.25, 0.3) is 5.56 Å². The molecule has 27 heavy (non-hydrogen) atoms. The molecule has 0 aliphatic carbocycles. The molecular weight excluding hydrogens is 368 g/mol. The van der Waals surface area contributed by atoms with Crippen LogP contribution in [-0.4, -0.2) is 28.6 Å². The smallest absolute Gasteiger partial charge is 0.351 e. The van der Waals surface area contributed by atoms with Gasteiger partial charge in [0, 0.05) is 4.88 Å². The highest BCUT2D eigenvalue weighted by Gasteiger charge is 2.30. The Labute approximate surface area is 158 Å². The Bertz CT molecular complexity index is 1090. The van der Waals surface area contributed by atoms with Crippen molar-refractivity contribution in [3.05, 3.63) is 50.9 Å². The molecule has 0 bridgehead atoms. The third kappa shape index (κ3) is 3.16. The number of esters is 1. The lowest BCUT2D eigenvalue weighted by atomic mass is 10.2. The minimum Gasteiger partial charge on any atom is -0.485 e. The molecule has 2 aromatic heterocycles. The van der Waals surface area contributed by atoms with E-state index < -0.39 is 18.2 Å². The highest BCUT2D eigenvalue weighted by molar-refractivity contribution is 7.18. The third-order valence-electron chi connectivity index (χ3n) is 4.51. The number of ether oxygens (including phenoxy) is 3. The summed E-state index contributed by atoms with van der Waals surface area (Å²) in [5, 5.41) is 0.584. The Morgan fingerprint density at radius 1 is 1.33 bits per heavy atom. The third-order valence-corrected chi connectivity index (χ3v) is 5.61. The quantitative estimate of drug-likeness (QED) is 0.696. The zero-order chi connectivity index (χ0) is 19.1. The minimum atomic E-state index is -0.871. The molecule has 0 saturated heterocycles. The van der Waals surface area contributed by atoms with Crippen molar-refractivity contribution in [2.45, 2.75) is 33.0 Å². The van der Waals surface area contributed by atoms with Crippen LogP contribution >= 0.6 is 11.3 Å². The molecule has 7 nitrogen and oxygen atoms in total. The van der Waals surface area contributed by atoms with Crippen molar-refractivity contribution >= 4 is 27.5 Å². The molecular formula is C19H18N2O5S. The number of carbonyl (C=O) groups excluding carboxylic acids is 1. The summed E-state index contributed by atoms with van der Waals surface area (Å²) in [6.45, 7) is 5.57. The molecule has 4 rings (SSSR count). The highest BCUT2D eigenvalue weighted by atomic mass is 32.1. The minimum absolute atomic E-state index is 0.0643. The summed E-state index contributed by atoms with van der Waals surface area (Å²) < 4.78 is 16.7. The maximum absolute atomic E-state index is 12.5. The number of aromatic amines is 1. The van der Waals surface area contributed by atoms with Gasteiger partial charge in [-0.1, -0.05) is 12.1 Å². The lowest BCUT2D eigenvalue weighted by molar-refractivity contribution is -0.160. The first-order valence-electron chi connectivity index (χ1n) is 8.53. The summed E-state index contributed by atoms with van der Waals surface area (Å²) in [7, 11) is 0. The van der Waals surface area contributed by atoms with Gasteiger partial charge in [0.15, 0.2) is 23.4 Å². The van der Waals surface area contributed by atoms with E-state index in [1.807, 2.05) is 19.9 Å². The standard InChI is InChI=1S/C19H18N2O5S/c1-9-11(3)27-18-15(9)17(22)20-16(21-18)10(2)25-19(23)14-8-24-12-6-4-5-7-13(12)26-14/h4-7,10,14H,8H2,1-3H3,(H,20,21,22)/t10-,14-/m1/s1. The molecule has 0 amide bonds. The Hall–Kier alpha value is -2.87. The number of nitrogens with one attached hydrogen (secondary N) is 1. The predicted molar refractivity (Wildman–Crippen MR) is 101 cm³/mol. The SMILES string of the molecule is Cc1sc2nc([C@@H](C)OC(=O)[C@H]3COc4ccccc4O3)[nH]c(=O)c2c1C. The molecule has 0 saturated carbocycles. The number of rotatable bonds is 3. The van der Waals surface area contributed by atoms with Crippen LogP contribution < -0.4 is 15.0 Å². The number of hydrogen-bond acceptors (Lipinski definition) is 7. The summed E-state index contributed by atoms with van der Waals surface area (Å²) in [5.41, 5.74) is 0.692. The average Bonchev–Trinajstić information content (AvgIpc) is 2.95. The van der Waals surface area contributed by atoms with Gasteiger partial charge < -0.3 is 19.2 Å². The lowest BCUT2D eigenvalue weighted by Crippen LogP contribution is -2.38. The van der Waals surface area contributed by atoms with E-state index in [4.69, 9.17) is 14.2 Å². The van der Waals surface area contributed by atoms with Crippen LogP contribution in [0.15, 0.2) is 29.1 Å². The summed E-state index contributed by atoms with van der Waals surface area (Å²) >= 11 is 1.45. The van der Waals surface area contributed by atoms with E-state index in [-0.39, 0.29) is 12.2 Å². The van der Waals surface area contributed by atoms with Gasteiger partial charge in [-0.15, -0.1) is 11.3 Å². The van der Waals surface area contributed by atoms with E-state index in [9.17, 15) is 9.59 Å². The monoisotopic (exact) mass is 386 g/mol. The van der Waals surface area contributed by atoms with Crippen molar-refractivity contribution in [2.75, 3.05) is 6.61 Å². The fourth-order valence-corrected chi connectivity index (χ4v) is 3.94. The van der Waals surface area contributed by atoms with Crippen molar-refractivity contribution in [1.82, 2.24) is 9.97 Å². The van der Waals surface area contributed by atoms with E-state index in [2.05, 4.69) is 9.97 Å². The second-order valence-corrected chi connectivity index (χ2v) is 7.56. The van der Waals surface area contributed by atoms with E-state index in [0.29, 0.717) is 27.5 Å². The van der Waals surface area contributed by atoms with Crippen molar-refractivity contribution in [3.63, 3.8) is 0 Å². The van der Waals surface area contributed by atoms with Crippen LogP contribution in [0.2, 0.25) is 0 Å². The van der Waals surface area contributed by atoms with Crippen LogP contribution in [0, 0.1) is 13.8 Å². The van der Waals surface area contributed by atoms with Crippen LogP contribution in [-0.2, 0) is 9.53 Å². The van der Waals surface area contributed by atoms with Gasteiger partial charge >= 0.3 is 5.97 Å². The second-order valence-electron chi connectivity index (χ2n) is 6.36. The average molecular weight is 386 g/mol. The fourth-order valence-electron chi connectivity index (χ4n) is 2.91. The molecule has 1 aliphatic heterocycles. The Morgan fingerprint density at radius 2 is 2.07 bits per heavy atom. The zero-order valence-corrected chi connectivity index (χ0v) is 15.9. The predicted octanol–water partition coefficient (Wildman–Crippen LogP) is 3.05. The van der Waals surface area contributed by atoms with Gasteiger partial charge in [0.2, 0.25) is 6.10 Å². The van der Waals surface area contributed by atoms with Gasteiger partial charge in [-0.3, -0.25) is 4.79 Å². The van der Waals surface area contributed by atoms with E-state index >= 15 is 0 Å².